The summed E-state index contributed by atoms with van der Waals surface area (Å²) in [5, 5.41) is 15.7. The van der Waals surface area contributed by atoms with E-state index < -0.39 is 6.10 Å². The first-order valence-corrected chi connectivity index (χ1v) is 5.76. The Kier molecular flexibility index (Phi) is 4.66. The van der Waals surface area contributed by atoms with E-state index in [2.05, 4.69) is 10.3 Å². The number of nitrogens with zero attached hydrogens (tertiary/aromatic N) is 1. The third-order valence-electron chi connectivity index (χ3n) is 2.11. The standard InChI is InChI=1S/C10H18N2O2S/c1-10(2,9-11-4-5-15-9)12-6-8(13)7-14-3/h4-5,8,12-13H,6-7H2,1-3H3. The molecule has 0 spiro atoms. The van der Waals surface area contributed by atoms with E-state index in [1.54, 1.807) is 24.6 Å². The molecule has 0 fully saturated rings. The largest absolute Gasteiger partial charge is 0.389 e. The van der Waals surface area contributed by atoms with Crippen LogP contribution in [-0.4, -0.2) is 36.5 Å². The molecule has 5 heteroatoms. The normalized spacial score (nSPS) is 14.1. The van der Waals surface area contributed by atoms with Gasteiger partial charge in [0.05, 0.1) is 18.2 Å². The van der Waals surface area contributed by atoms with Gasteiger partial charge in [-0.2, -0.15) is 0 Å². The molecule has 15 heavy (non-hydrogen) atoms. The maximum absolute atomic E-state index is 9.51. The Morgan fingerprint density at radius 1 is 1.67 bits per heavy atom. The molecule has 86 valence electrons. The van der Waals surface area contributed by atoms with Crippen LogP contribution in [0.4, 0.5) is 0 Å². The Bertz CT molecular complexity index is 275. The Morgan fingerprint density at radius 2 is 2.40 bits per heavy atom. The quantitative estimate of drug-likeness (QED) is 0.765. The first kappa shape index (κ1) is 12.6. The van der Waals surface area contributed by atoms with Gasteiger partial charge >= 0.3 is 0 Å². The zero-order valence-electron chi connectivity index (χ0n) is 9.36. The lowest BCUT2D eigenvalue weighted by molar-refractivity contribution is 0.0597. The first-order valence-electron chi connectivity index (χ1n) is 4.88. The SMILES string of the molecule is COCC(O)CNC(C)(C)c1nccs1. The minimum absolute atomic E-state index is 0.205. The molecule has 4 nitrogen and oxygen atoms in total. The van der Waals surface area contributed by atoms with Gasteiger partial charge in [0.2, 0.25) is 0 Å². The van der Waals surface area contributed by atoms with E-state index in [1.807, 2.05) is 19.2 Å². The monoisotopic (exact) mass is 230 g/mol. The molecule has 1 rings (SSSR count). The van der Waals surface area contributed by atoms with Crippen molar-refractivity contribution in [3.8, 4) is 0 Å². The van der Waals surface area contributed by atoms with Gasteiger partial charge in [-0.25, -0.2) is 4.98 Å². The lowest BCUT2D eigenvalue weighted by atomic mass is 10.1. The molecular weight excluding hydrogens is 212 g/mol. The number of hydrogen-bond acceptors (Lipinski definition) is 5. The van der Waals surface area contributed by atoms with Crippen molar-refractivity contribution in [3.63, 3.8) is 0 Å². The molecule has 0 amide bonds. The molecule has 0 radical (unpaired) electrons. The first-order chi connectivity index (χ1) is 7.06. The Hall–Kier alpha value is -0.490. The molecule has 1 aromatic heterocycles. The number of aliphatic hydroxyl groups excluding tert-OH is 1. The van der Waals surface area contributed by atoms with E-state index in [0.717, 1.165) is 5.01 Å². The average Bonchev–Trinajstić information content (AvgIpc) is 2.69. The number of nitrogens with one attached hydrogen (secondary N) is 1. The van der Waals surface area contributed by atoms with Crippen LogP contribution in [0, 0.1) is 0 Å². The van der Waals surface area contributed by atoms with Crippen LogP contribution in [0.1, 0.15) is 18.9 Å². The number of rotatable bonds is 6. The zero-order valence-corrected chi connectivity index (χ0v) is 10.2. The second-order valence-corrected chi connectivity index (χ2v) is 4.85. The number of aromatic nitrogens is 1. The van der Waals surface area contributed by atoms with Gasteiger partial charge in [0, 0.05) is 25.2 Å². The molecule has 0 saturated carbocycles. The Labute approximate surface area is 94.3 Å². The maximum atomic E-state index is 9.51. The van der Waals surface area contributed by atoms with E-state index >= 15 is 0 Å². The summed E-state index contributed by atoms with van der Waals surface area (Å²) in [5.41, 5.74) is -0.205. The van der Waals surface area contributed by atoms with Crippen LogP contribution >= 0.6 is 11.3 Å². The highest BCUT2D eigenvalue weighted by Gasteiger charge is 2.23. The number of methoxy groups -OCH3 is 1. The fourth-order valence-electron chi connectivity index (χ4n) is 1.23. The molecule has 1 aromatic rings. The van der Waals surface area contributed by atoms with Crippen LogP contribution in [0.2, 0.25) is 0 Å². The number of ether oxygens (including phenoxy) is 1. The molecule has 0 aliphatic rings. The van der Waals surface area contributed by atoms with E-state index in [-0.39, 0.29) is 5.54 Å². The van der Waals surface area contributed by atoms with Gasteiger partial charge in [0.1, 0.15) is 5.01 Å². The number of thiazole rings is 1. The fraction of sp³-hybridized carbons (Fsp3) is 0.700. The molecule has 1 heterocycles. The minimum Gasteiger partial charge on any atom is -0.389 e. The molecule has 0 saturated heterocycles. The van der Waals surface area contributed by atoms with E-state index in [0.29, 0.717) is 13.2 Å². The van der Waals surface area contributed by atoms with Gasteiger partial charge in [0.25, 0.3) is 0 Å². The van der Waals surface area contributed by atoms with Crippen molar-refractivity contribution >= 4 is 11.3 Å². The summed E-state index contributed by atoms with van der Waals surface area (Å²) < 4.78 is 4.86. The fourth-order valence-corrected chi connectivity index (χ4v) is 1.97. The summed E-state index contributed by atoms with van der Waals surface area (Å²) in [5.74, 6) is 0. The number of hydrogen-bond donors (Lipinski definition) is 2. The topological polar surface area (TPSA) is 54.4 Å². The van der Waals surface area contributed by atoms with Crippen molar-refractivity contribution in [1.29, 1.82) is 0 Å². The average molecular weight is 230 g/mol. The molecule has 2 N–H and O–H groups in total. The van der Waals surface area contributed by atoms with E-state index in [4.69, 9.17) is 4.74 Å². The van der Waals surface area contributed by atoms with Gasteiger partial charge in [-0.1, -0.05) is 0 Å². The summed E-state index contributed by atoms with van der Waals surface area (Å²) in [6, 6.07) is 0. The molecule has 1 atom stereocenters. The smallest absolute Gasteiger partial charge is 0.112 e. The highest BCUT2D eigenvalue weighted by molar-refractivity contribution is 7.09. The molecule has 0 aliphatic carbocycles. The van der Waals surface area contributed by atoms with Gasteiger partial charge in [0.15, 0.2) is 0 Å². The van der Waals surface area contributed by atoms with Crippen molar-refractivity contribution in [2.24, 2.45) is 0 Å². The second-order valence-electron chi connectivity index (χ2n) is 3.95. The van der Waals surface area contributed by atoms with Crippen molar-refractivity contribution in [3.05, 3.63) is 16.6 Å². The van der Waals surface area contributed by atoms with Gasteiger partial charge in [-0.05, 0) is 13.8 Å². The van der Waals surface area contributed by atoms with Crippen LogP contribution in [-0.2, 0) is 10.3 Å². The highest BCUT2D eigenvalue weighted by atomic mass is 32.1. The zero-order chi connectivity index (χ0) is 11.3. The van der Waals surface area contributed by atoms with Crippen molar-refractivity contribution in [1.82, 2.24) is 10.3 Å². The van der Waals surface area contributed by atoms with Crippen LogP contribution in [0.15, 0.2) is 11.6 Å². The van der Waals surface area contributed by atoms with Gasteiger partial charge < -0.3 is 15.2 Å². The van der Waals surface area contributed by atoms with Crippen molar-refractivity contribution < 1.29 is 9.84 Å². The van der Waals surface area contributed by atoms with Crippen LogP contribution in [0.5, 0.6) is 0 Å². The lowest BCUT2D eigenvalue weighted by Crippen LogP contribution is -2.42. The summed E-state index contributed by atoms with van der Waals surface area (Å²) in [4.78, 5) is 4.25. The van der Waals surface area contributed by atoms with Gasteiger partial charge in [-0.15, -0.1) is 11.3 Å². The highest BCUT2D eigenvalue weighted by Crippen LogP contribution is 2.21. The van der Waals surface area contributed by atoms with Crippen molar-refractivity contribution in [2.45, 2.75) is 25.5 Å². The lowest BCUT2D eigenvalue weighted by Gasteiger charge is -2.25. The van der Waals surface area contributed by atoms with E-state index in [1.165, 1.54) is 0 Å². The summed E-state index contributed by atoms with van der Waals surface area (Å²) >= 11 is 1.61. The third kappa shape index (κ3) is 3.87. The molecular formula is C10H18N2O2S. The summed E-state index contributed by atoms with van der Waals surface area (Å²) in [6.07, 6.45) is 1.31. The Morgan fingerprint density at radius 3 is 2.93 bits per heavy atom. The van der Waals surface area contributed by atoms with E-state index in [9.17, 15) is 5.11 Å². The van der Waals surface area contributed by atoms with Gasteiger partial charge in [-0.3, -0.25) is 0 Å². The number of aliphatic hydroxyl groups is 1. The predicted octanol–water partition coefficient (Wildman–Crippen LogP) is 0.975. The van der Waals surface area contributed by atoms with Crippen LogP contribution in [0.25, 0.3) is 0 Å². The molecule has 1 unspecified atom stereocenters. The molecule has 0 bridgehead atoms. The third-order valence-corrected chi connectivity index (χ3v) is 3.20. The van der Waals surface area contributed by atoms with Crippen LogP contribution in [0.3, 0.4) is 0 Å². The van der Waals surface area contributed by atoms with Crippen molar-refractivity contribution in [2.75, 3.05) is 20.3 Å². The Balaban J connectivity index is 2.43. The summed E-state index contributed by atoms with van der Waals surface area (Å²) in [7, 11) is 1.58. The summed E-state index contributed by atoms with van der Waals surface area (Å²) in [6.45, 7) is 4.94. The second kappa shape index (κ2) is 5.55. The minimum atomic E-state index is -0.478. The van der Waals surface area contributed by atoms with Crippen LogP contribution < -0.4 is 5.32 Å². The molecule has 0 aromatic carbocycles. The maximum Gasteiger partial charge on any atom is 0.112 e. The predicted molar refractivity (Wildman–Crippen MR) is 61.0 cm³/mol. The molecule has 0 aliphatic heterocycles.